The van der Waals surface area contributed by atoms with Crippen LogP contribution in [-0.4, -0.2) is 100.0 Å². The van der Waals surface area contributed by atoms with Gasteiger partial charge in [0.15, 0.2) is 25.5 Å². The Balaban J connectivity index is 1.35. The molecule has 308 valence electrons. The minimum absolute atomic E-state index is 0.00522. The molecule has 2 aromatic carbocycles. The predicted octanol–water partition coefficient (Wildman–Crippen LogP) is 6.85. The number of hydrogen-bond donors (Lipinski definition) is 2. The molecule has 15 heteroatoms. The van der Waals surface area contributed by atoms with E-state index in [1.165, 1.54) is 4.31 Å². The van der Waals surface area contributed by atoms with E-state index in [0.29, 0.717) is 59.8 Å². The molecule has 0 radical (unpaired) electrons. The summed E-state index contributed by atoms with van der Waals surface area (Å²) < 4.78 is 52.9. The summed E-state index contributed by atoms with van der Waals surface area (Å²) in [6.07, 6.45) is 2.40. The maximum Gasteiger partial charge on any atom is 0.265 e. The number of methoxy groups -OCH3 is 1. The van der Waals surface area contributed by atoms with Gasteiger partial charge in [0.2, 0.25) is 15.8 Å². The summed E-state index contributed by atoms with van der Waals surface area (Å²) in [6.45, 7) is 13.4. The van der Waals surface area contributed by atoms with Crippen LogP contribution in [0.5, 0.6) is 11.6 Å². The van der Waals surface area contributed by atoms with Crippen LogP contribution in [-0.2, 0) is 27.5 Å². The standard InChI is InChI=1S/C42H56N4O9SSi/c1-25-30(43-17-20-56(50,51)46-18-13-14-19-46)23-31(52-7)28-21-27-22-29-35(45(5)6)37-34(40(44-54-37)53-24-26-15-11-10-12-16-26)39(49)42(29,55-57(8,9)41(2,3)4)38(48)33(27)36(47)32(25)28/h10-12,15-16,23,27,29,35,43,48H,13-14,17-22,24H2,1-9H3/t27-,29-,35-,42-/m0/s1. The van der Waals surface area contributed by atoms with Crippen molar-refractivity contribution in [2.75, 3.05) is 51.9 Å². The first-order chi connectivity index (χ1) is 26.8. The van der Waals surface area contributed by atoms with Crippen molar-refractivity contribution >= 4 is 35.6 Å². The van der Waals surface area contributed by atoms with Crippen LogP contribution in [0.1, 0.15) is 89.2 Å². The third-order valence-corrected chi connectivity index (χ3v) is 19.2. The average Bonchev–Trinajstić information content (AvgIpc) is 3.84. The molecule has 2 heterocycles. The van der Waals surface area contributed by atoms with Crippen LogP contribution in [0.4, 0.5) is 5.69 Å². The molecule has 1 aromatic heterocycles. The number of anilines is 1. The number of carbonyl (C=O) groups is 2. The van der Waals surface area contributed by atoms with Gasteiger partial charge in [-0.3, -0.25) is 14.5 Å². The first kappa shape index (κ1) is 41.1. The van der Waals surface area contributed by atoms with Crippen molar-refractivity contribution in [1.29, 1.82) is 0 Å². The first-order valence-electron chi connectivity index (χ1n) is 19.8. The largest absolute Gasteiger partial charge is 0.508 e. The number of ether oxygens (including phenoxy) is 2. The number of aromatic nitrogens is 1. The van der Waals surface area contributed by atoms with E-state index in [9.17, 15) is 13.5 Å². The van der Waals surface area contributed by atoms with Crippen LogP contribution >= 0.6 is 0 Å². The Labute approximate surface area is 336 Å². The second-order valence-corrected chi connectivity index (χ2v) is 24.4. The number of benzene rings is 2. The number of allylic oxidation sites excluding steroid dienone is 1. The molecule has 13 nitrogen and oxygen atoms in total. The lowest BCUT2D eigenvalue weighted by molar-refractivity contribution is -0.0480. The lowest BCUT2D eigenvalue weighted by atomic mass is 9.58. The highest BCUT2D eigenvalue weighted by Crippen LogP contribution is 2.60. The zero-order chi connectivity index (χ0) is 41.2. The quantitative estimate of drug-likeness (QED) is 0.183. The number of rotatable bonds is 12. The Morgan fingerprint density at radius 3 is 2.42 bits per heavy atom. The molecule has 1 fully saturated rings. The molecule has 7 rings (SSSR count). The van der Waals surface area contributed by atoms with Crippen molar-refractivity contribution in [2.24, 2.45) is 11.8 Å². The number of nitrogens with zero attached hydrogens (tertiary/aromatic N) is 3. The van der Waals surface area contributed by atoms with Crippen LogP contribution in [0.25, 0.3) is 0 Å². The Hall–Kier alpha value is -4.02. The number of hydrogen-bond acceptors (Lipinski definition) is 12. The maximum absolute atomic E-state index is 15.5. The summed E-state index contributed by atoms with van der Waals surface area (Å²) in [7, 11) is -1.00. The molecular formula is C42H56N4O9SSi. The Morgan fingerprint density at radius 1 is 1.11 bits per heavy atom. The van der Waals surface area contributed by atoms with E-state index in [1.807, 2.05) is 75.4 Å². The molecule has 0 saturated carbocycles. The van der Waals surface area contributed by atoms with Crippen molar-refractivity contribution in [2.45, 2.75) is 89.8 Å². The second-order valence-electron chi connectivity index (χ2n) is 17.6. The normalized spacial score (nSPS) is 23.9. The van der Waals surface area contributed by atoms with Crippen molar-refractivity contribution in [3.8, 4) is 11.6 Å². The monoisotopic (exact) mass is 820 g/mol. The van der Waals surface area contributed by atoms with Gasteiger partial charge in [0.05, 0.1) is 18.9 Å². The van der Waals surface area contributed by atoms with Crippen molar-refractivity contribution in [3.63, 3.8) is 0 Å². The van der Waals surface area contributed by atoms with E-state index < -0.39 is 53.4 Å². The number of carbonyl (C=O) groups excluding carboxylic acids is 2. The molecule has 1 aliphatic heterocycles. The smallest absolute Gasteiger partial charge is 0.265 e. The molecule has 0 unspecified atom stereocenters. The number of Topliss-reactive ketones (excluding diaryl/α,β-unsaturated/α-hetero) is 2. The number of aliphatic hydroxyl groups excluding tert-OH is 1. The lowest BCUT2D eigenvalue weighted by Gasteiger charge is -2.55. The van der Waals surface area contributed by atoms with E-state index in [4.69, 9.17) is 18.4 Å². The van der Waals surface area contributed by atoms with Gasteiger partial charge >= 0.3 is 0 Å². The molecule has 2 N–H and O–H groups in total. The number of nitrogens with one attached hydrogen (secondary N) is 1. The van der Waals surface area contributed by atoms with Gasteiger partial charge in [-0.1, -0.05) is 51.1 Å². The summed E-state index contributed by atoms with van der Waals surface area (Å²) in [5.41, 5.74) is 1.41. The minimum atomic E-state index is -3.44. The summed E-state index contributed by atoms with van der Waals surface area (Å²) in [4.78, 5) is 32.6. The van der Waals surface area contributed by atoms with Gasteiger partial charge in [0.25, 0.3) is 5.88 Å². The lowest BCUT2D eigenvalue weighted by Crippen LogP contribution is -2.65. The van der Waals surface area contributed by atoms with Crippen LogP contribution in [0.2, 0.25) is 18.1 Å². The molecule has 0 bridgehead atoms. The first-order valence-corrected chi connectivity index (χ1v) is 24.3. The Morgan fingerprint density at radius 2 is 1.79 bits per heavy atom. The van der Waals surface area contributed by atoms with Crippen molar-refractivity contribution in [1.82, 2.24) is 14.4 Å². The summed E-state index contributed by atoms with van der Waals surface area (Å²) >= 11 is 0. The fourth-order valence-electron chi connectivity index (χ4n) is 8.95. The number of ketones is 2. The van der Waals surface area contributed by atoms with Gasteiger partial charge in [0, 0.05) is 54.0 Å². The molecule has 0 spiro atoms. The Bertz CT molecular complexity index is 2210. The summed E-state index contributed by atoms with van der Waals surface area (Å²) in [6, 6.07) is 10.8. The highest BCUT2D eigenvalue weighted by Gasteiger charge is 2.67. The molecule has 0 amide bonds. The Kier molecular flexibility index (Phi) is 10.8. The van der Waals surface area contributed by atoms with Crippen LogP contribution in [0, 0.1) is 18.8 Å². The van der Waals surface area contributed by atoms with Crippen LogP contribution < -0.4 is 14.8 Å². The fraction of sp³-hybridized carbons (Fsp3) is 0.548. The third kappa shape index (κ3) is 6.92. The van der Waals surface area contributed by atoms with Crippen LogP contribution in [0.15, 0.2) is 52.3 Å². The van der Waals surface area contributed by atoms with Gasteiger partial charge < -0.3 is 28.8 Å². The number of sulfonamides is 1. The molecule has 3 aliphatic carbocycles. The number of aliphatic hydroxyl groups is 1. The SMILES string of the molecule is COc1cc(NCCS(=O)(=O)N2CCCC2)c(C)c2c1C[C@H]1C[C@H]3[C@H](N(C)C)c4onc(OCc5ccccc5)c4C(=O)[C@@]3(O[Si](C)(C)C(C)(C)C)C(O)=C1C2=O. The highest BCUT2D eigenvalue weighted by molar-refractivity contribution is 7.89. The zero-order valence-electron chi connectivity index (χ0n) is 34.5. The average molecular weight is 821 g/mol. The van der Waals surface area contributed by atoms with E-state index in [1.54, 1.807) is 7.11 Å². The van der Waals surface area contributed by atoms with Gasteiger partial charge in [-0.15, -0.1) is 0 Å². The molecule has 1 saturated heterocycles. The zero-order valence-corrected chi connectivity index (χ0v) is 36.3. The predicted molar refractivity (Wildman–Crippen MR) is 219 cm³/mol. The minimum Gasteiger partial charge on any atom is -0.508 e. The fourth-order valence-corrected chi connectivity index (χ4v) is 11.8. The molecule has 3 aromatic rings. The molecular weight excluding hydrogens is 765 g/mol. The van der Waals surface area contributed by atoms with Gasteiger partial charge in [0.1, 0.15) is 23.7 Å². The third-order valence-electron chi connectivity index (χ3n) is 12.9. The van der Waals surface area contributed by atoms with Crippen LogP contribution in [0.3, 0.4) is 0 Å². The van der Waals surface area contributed by atoms with E-state index in [-0.39, 0.29) is 46.7 Å². The molecule has 4 atom stereocenters. The van der Waals surface area contributed by atoms with E-state index >= 15 is 9.59 Å². The summed E-state index contributed by atoms with van der Waals surface area (Å²) in [5, 5.41) is 20.1. The number of fused-ring (bicyclic) bond motifs is 4. The van der Waals surface area contributed by atoms with Gasteiger partial charge in [-0.25, -0.2) is 12.7 Å². The highest BCUT2D eigenvalue weighted by atomic mass is 32.2. The van der Waals surface area contributed by atoms with Crippen molar-refractivity contribution < 1.29 is 41.5 Å². The van der Waals surface area contributed by atoms with Crippen molar-refractivity contribution in [3.05, 3.63) is 81.3 Å². The van der Waals surface area contributed by atoms with Gasteiger partial charge in [-0.2, -0.15) is 0 Å². The molecule has 4 aliphatic rings. The van der Waals surface area contributed by atoms with E-state index in [2.05, 4.69) is 31.2 Å². The maximum atomic E-state index is 15.5. The second kappa shape index (κ2) is 15.0. The van der Waals surface area contributed by atoms with Gasteiger partial charge in [-0.05, 0) is 87.0 Å². The topological polar surface area (TPSA) is 161 Å². The summed E-state index contributed by atoms with van der Waals surface area (Å²) in [5.74, 6) is -1.74. The molecule has 57 heavy (non-hydrogen) atoms. The van der Waals surface area contributed by atoms with E-state index in [0.717, 1.165) is 18.4 Å².